The van der Waals surface area contributed by atoms with Crippen molar-refractivity contribution in [3.8, 4) is 0 Å². The molecule has 0 unspecified atom stereocenters. The quantitative estimate of drug-likeness (QED) is 0.760. The molecule has 0 amide bonds. The van der Waals surface area contributed by atoms with E-state index in [1.165, 1.54) is 24.9 Å². The van der Waals surface area contributed by atoms with Crippen LogP contribution in [0.1, 0.15) is 48.5 Å². The molecule has 3 heterocycles. The van der Waals surface area contributed by atoms with E-state index in [1.807, 2.05) is 7.05 Å². The third kappa shape index (κ3) is 3.54. The summed E-state index contributed by atoms with van der Waals surface area (Å²) in [6.45, 7) is 3.39. The van der Waals surface area contributed by atoms with Crippen molar-refractivity contribution in [2.75, 3.05) is 33.9 Å². The van der Waals surface area contributed by atoms with Crippen LogP contribution in [0.4, 0.5) is 0 Å². The summed E-state index contributed by atoms with van der Waals surface area (Å²) >= 11 is 0. The molecule has 4 rings (SSSR count). The average Bonchev–Trinajstić information content (AvgIpc) is 3.37. The van der Waals surface area contributed by atoms with Gasteiger partial charge in [0.15, 0.2) is 5.82 Å². The summed E-state index contributed by atoms with van der Waals surface area (Å²) < 4.78 is 10.7. The number of aromatic nitrogens is 2. The minimum atomic E-state index is 0.365. The van der Waals surface area contributed by atoms with Crippen LogP contribution in [0.15, 0.2) is 34.9 Å². The molecule has 26 heavy (non-hydrogen) atoms. The first-order chi connectivity index (χ1) is 12.8. The van der Waals surface area contributed by atoms with Crippen molar-refractivity contribution in [3.63, 3.8) is 0 Å². The number of methoxy groups -OCH3 is 1. The topological polar surface area (TPSA) is 54.6 Å². The van der Waals surface area contributed by atoms with E-state index in [4.69, 9.17) is 14.2 Å². The van der Waals surface area contributed by atoms with Crippen molar-refractivity contribution in [3.05, 3.63) is 47.6 Å². The van der Waals surface area contributed by atoms with Gasteiger partial charge in [0.05, 0.1) is 13.2 Å². The lowest BCUT2D eigenvalue weighted by Gasteiger charge is -2.24. The molecule has 0 saturated carbocycles. The van der Waals surface area contributed by atoms with E-state index in [1.54, 1.807) is 7.11 Å². The number of ether oxygens (including phenoxy) is 1. The van der Waals surface area contributed by atoms with Gasteiger partial charge in [-0.1, -0.05) is 35.5 Å². The molecule has 0 aliphatic carbocycles. The van der Waals surface area contributed by atoms with Crippen LogP contribution in [0.5, 0.6) is 0 Å². The lowest BCUT2D eigenvalue weighted by atomic mass is 9.94. The van der Waals surface area contributed by atoms with Gasteiger partial charge in [-0.2, -0.15) is 4.98 Å². The van der Waals surface area contributed by atoms with E-state index < -0.39 is 0 Å². The lowest BCUT2D eigenvalue weighted by Crippen LogP contribution is -2.27. The first-order valence-electron chi connectivity index (χ1n) is 9.57. The molecule has 140 valence electrons. The number of likely N-dealkylation sites (N-methyl/N-ethyl adjacent to an activating group) is 1. The second kappa shape index (κ2) is 7.86. The Hall–Kier alpha value is -1.76. The van der Waals surface area contributed by atoms with Crippen molar-refractivity contribution in [2.45, 2.75) is 43.8 Å². The fourth-order valence-electron chi connectivity index (χ4n) is 4.49. The Morgan fingerprint density at radius 3 is 2.96 bits per heavy atom. The minimum Gasteiger partial charge on any atom is -0.383 e. The molecule has 0 N–H and O–H groups in total. The van der Waals surface area contributed by atoms with Gasteiger partial charge in [0.25, 0.3) is 0 Å². The number of hydrogen-bond acceptors (Lipinski definition) is 6. The van der Waals surface area contributed by atoms with Gasteiger partial charge < -0.3 is 9.26 Å². The van der Waals surface area contributed by atoms with Crippen LogP contribution in [0, 0.1) is 0 Å². The number of rotatable bonds is 7. The number of hydrogen-bond donors (Lipinski definition) is 0. The smallest absolute Gasteiger partial charge is 0.240 e. The van der Waals surface area contributed by atoms with Crippen LogP contribution >= 0.6 is 0 Å². The predicted octanol–water partition coefficient (Wildman–Crippen LogP) is 2.84. The Morgan fingerprint density at radius 2 is 2.15 bits per heavy atom. The summed E-state index contributed by atoms with van der Waals surface area (Å²) in [4.78, 5) is 9.54. The third-order valence-electron chi connectivity index (χ3n) is 5.77. The molecule has 1 aromatic heterocycles. The molecule has 0 radical (unpaired) electrons. The highest BCUT2D eigenvalue weighted by molar-refractivity contribution is 5.24. The summed E-state index contributed by atoms with van der Waals surface area (Å²) in [5.74, 6) is 1.95. The first kappa shape index (κ1) is 17.6. The SMILES string of the molecule is COCCN(C)Cc1nc([C@@H]2C[C@H](c3ccccc3)N3CCC[C@@H]23)no1. The van der Waals surface area contributed by atoms with Crippen LogP contribution < -0.4 is 0 Å². The van der Waals surface area contributed by atoms with E-state index in [2.05, 4.69) is 45.3 Å². The normalized spacial score (nSPS) is 25.9. The predicted molar refractivity (Wildman–Crippen MR) is 98.8 cm³/mol. The maximum atomic E-state index is 5.56. The molecule has 2 saturated heterocycles. The monoisotopic (exact) mass is 356 g/mol. The van der Waals surface area contributed by atoms with Crippen LogP contribution in [0.3, 0.4) is 0 Å². The van der Waals surface area contributed by atoms with E-state index in [0.717, 1.165) is 18.8 Å². The molecule has 6 nitrogen and oxygen atoms in total. The van der Waals surface area contributed by atoms with Crippen molar-refractivity contribution < 1.29 is 9.26 Å². The van der Waals surface area contributed by atoms with Gasteiger partial charge in [0.2, 0.25) is 5.89 Å². The van der Waals surface area contributed by atoms with Gasteiger partial charge in [0, 0.05) is 31.7 Å². The molecule has 2 fully saturated rings. The number of benzene rings is 1. The zero-order valence-electron chi connectivity index (χ0n) is 15.7. The maximum Gasteiger partial charge on any atom is 0.240 e. The van der Waals surface area contributed by atoms with Crippen molar-refractivity contribution in [2.24, 2.45) is 0 Å². The second-order valence-corrected chi connectivity index (χ2v) is 7.49. The maximum absolute atomic E-state index is 5.56. The Kier molecular flexibility index (Phi) is 5.33. The Bertz CT molecular complexity index is 705. The number of nitrogens with zero attached hydrogens (tertiary/aromatic N) is 4. The molecule has 0 spiro atoms. The molecular weight excluding hydrogens is 328 g/mol. The summed E-state index contributed by atoms with van der Waals surface area (Å²) in [5.41, 5.74) is 1.41. The van der Waals surface area contributed by atoms with Crippen LogP contribution in [0.2, 0.25) is 0 Å². The molecule has 0 bridgehead atoms. The van der Waals surface area contributed by atoms with Crippen LogP contribution in [0.25, 0.3) is 0 Å². The van der Waals surface area contributed by atoms with E-state index in [0.29, 0.717) is 37.0 Å². The largest absolute Gasteiger partial charge is 0.383 e. The lowest BCUT2D eigenvalue weighted by molar-refractivity contribution is 0.152. The van der Waals surface area contributed by atoms with E-state index in [9.17, 15) is 0 Å². The molecule has 3 atom stereocenters. The van der Waals surface area contributed by atoms with Gasteiger partial charge in [-0.3, -0.25) is 9.80 Å². The standard InChI is InChI=1S/C20H28N4O2/c1-23(11-12-25-2)14-19-21-20(22-26-19)16-13-18(15-7-4-3-5-8-15)24-10-6-9-17(16)24/h3-5,7-8,16-18H,6,9-14H2,1-2H3/t16-,17+,18-/m1/s1. The molecular formula is C20H28N4O2. The van der Waals surface area contributed by atoms with Gasteiger partial charge in [-0.05, 0) is 38.4 Å². The zero-order valence-corrected chi connectivity index (χ0v) is 15.7. The molecule has 1 aromatic carbocycles. The Labute approximate surface area is 155 Å². The van der Waals surface area contributed by atoms with Crippen LogP contribution in [-0.2, 0) is 11.3 Å². The van der Waals surface area contributed by atoms with Gasteiger partial charge in [-0.25, -0.2) is 0 Å². The Morgan fingerprint density at radius 1 is 1.31 bits per heavy atom. The zero-order chi connectivity index (χ0) is 17.9. The fraction of sp³-hybridized carbons (Fsp3) is 0.600. The van der Waals surface area contributed by atoms with Gasteiger partial charge in [-0.15, -0.1) is 0 Å². The fourth-order valence-corrected chi connectivity index (χ4v) is 4.49. The van der Waals surface area contributed by atoms with Crippen molar-refractivity contribution in [1.82, 2.24) is 19.9 Å². The Balaban J connectivity index is 1.48. The van der Waals surface area contributed by atoms with Crippen LogP contribution in [-0.4, -0.2) is 59.8 Å². The minimum absolute atomic E-state index is 0.365. The van der Waals surface area contributed by atoms with Crippen molar-refractivity contribution >= 4 is 0 Å². The summed E-state index contributed by atoms with van der Waals surface area (Å²) in [6.07, 6.45) is 3.56. The van der Waals surface area contributed by atoms with Gasteiger partial charge >= 0.3 is 0 Å². The average molecular weight is 356 g/mol. The molecule has 6 heteroatoms. The highest BCUT2D eigenvalue weighted by atomic mass is 16.5. The third-order valence-corrected chi connectivity index (χ3v) is 5.77. The highest BCUT2D eigenvalue weighted by Crippen LogP contribution is 2.48. The van der Waals surface area contributed by atoms with E-state index in [-0.39, 0.29) is 0 Å². The van der Waals surface area contributed by atoms with Gasteiger partial charge in [0.1, 0.15) is 0 Å². The van der Waals surface area contributed by atoms with E-state index >= 15 is 0 Å². The summed E-state index contributed by atoms with van der Waals surface area (Å²) in [5, 5.41) is 4.35. The first-order valence-corrected chi connectivity index (χ1v) is 9.57. The number of fused-ring (bicyclic) bond motifs is 1. The molecule has 2 aliphatic heterocycles. The second-order valence-electron chi connectivity index (χ2n) is 7.49. The summed E-state index contributed by atoms with van der Waals surface area (Å²) in [6, 6.07) is 11.9. The highest BCUT2D eigenvalue weighted by Gasteiger charge is 2.46. The summed E-state index contributed by atoms with van der Waals surface area (Å²) in [7, 11) is 3.76. The van der Waals surface area contributed by atoms with Crippen molar-refractivity contribution in [1.29, 1.82) is 0 Å². The molecule has 2 aromatic rings. The molecule has 2 aliphatic rings.